The molecule has 1 aliphatic rings. The molecule has 3 N–H and O–H groups in total. The maximum Gasteiger partial charge on any atom is 1.00 e. The standard InChI is InChI=1S/C10H13N3O3.K.H/c11-9(14)8-7(10(15)16)5-13(12-8)4-6-2-1-3-6;;/h5-6H,1-4H2,(H2,11,14)(H,15,16);;/q;+1;-1. The molecule has 1 aromatic heterocycles. The molecule has 0 aromatic carbocycles. The Kier molecular flexibility index (Phi) is 5.33. The third kappa shape index (κ3) is 3.38. The Balaban J connectivity index is 0.00000144. The first-order valence-corrected chi connectivity index (χ1v) is 5.18. The molecule has 1 aromatic rings. The molecule has 1 fully saturated rings. The molecule has 1 amide bonds. The summed E-state index contributed by atoms with van der Waals surface area (Å²) < 4.78 is 1.51. The van der Waals surface area contributed by atoms with Crippen LogP contribution in [0.3, 0.4) is 0 Å². The van der Waals surface area contributed by atoms with Crippen LogP contribution >= 0.6 is 0 Å². The van der Waals surface area contributed by atoms with Crippen LogP contribution in [0.1, 0.15) is 41.5 Å². The molecule has 88 valence electrons. The third-order valence-corrected chi connectivity index (χ3v) is 2.90. The first kappa shape index (κ1) is 14.8. The smallest absolute Gasteiger partial charge is 1.00 e. The number of carboxylic acid groups (broad SMARTS) is 1. The summed E-state index contributed by atoms with van der Waals surface area (Å²) in [5.74, 6) is -1.43. The summed E-state index contributed by atoms with van der Waals surface area (Å²) in [6.45, 7) is 0.660. The fourth-order valence-corrected chi connectivity index (χ4v) is 1.79. The number of nitrogens with zero attached hydrogens (tertiary/aromatic N) is 2. The van der Waals surface area contributed by atoms with Crippen molar-refractivity contribution in [2.45, 2.75) is 25.8 Å². The number of aromatic carboxylic acids is 1. The van der Waals surface area contributed by atoms with Crippen molar-refractivity contribution in [3.63, 3.8) is 0 Å². The van der Waals surface area contributed by atoms with Gasteiger partial charge in [0.1, 0.15) is 5.56 Å². The fourth-order valence-electron chi connectivity index (χ4n) is 1.79. The minimum atomic E-state index is -1.17. The molecular weight excluding hydrogens is 249 g/mol. The summed E-state index contributed by atoms with van der Waals surface area (Å²) in [6.07, 6.45) is 4.85. The van der Waals surface area contributed by atoms with Crippen molar-refractivity contribution in [1.29, 1.82) is 0 Å². The van der Waals surface area contributed by atoms with Crippen molar-refractivity contribution >= 4 is 11.9 Å². The number of carbonyl (C=O) groups is 2. The predicted octanol–water partition coefficient (Wildman–Crippen LogP) is -2.40. The second-order valence-electron chi connectivity index (χ2n) is 4.08. The molecule has 0 spiro atoms. The SMILES string of the molecule is NC(=O)c1nn(CC2CCC2)cc1C(=O)O.[H-].[K+]. The van der Waals surface area contributed by atoms with Gasteiger partial charge in [0.2, 0.25) is 0 Å². The summed E-state index contributed by atoms with van der Waals surface area (Å²) in [5, 5.41) is 12.8. The molecule has 0 bridgehead atoms. The van der Waals surface area contributed by atoms with Gasteiger partial charge in [-0.3, -0.25) is 9.48 Å². The van der Waals surface area contributed by atoms with Crippen molar-refractivity contribution in [2.24, 2.45) is 11.7 Å². The molecule has 0 aliphatic heterocycles. The van der Waals surface area contributed by atoms with E-state index in [2.05, 4.69) is 5.10 Å². The number of carboxylic acids is 1. The summed E-state index contributed by atoms with van der Waals surface area (Å²) in [4.78, 5) is 21.8. The zero-order valence-corrected chi connectivity index (χ0v) is 12.8. The Morgan fingerprint density at radius 3 is 2.59 bits per heavy atom. The first-order valence-electron chi connectivity index (χ1n) is 5.18. The molecule has 2 rings (SSSR count). The van der Waals surface area contributed by atoms with E-state index in [4.69, 9.17) is 10.8 Å². The van der Waals surface area contributed by atoms with E-state index >= 15 is 0 Å². The van der Waals surface area contributed by atoms with E-state index < -0.39 is 11.9 Å². The minimum absolute atomic E-state index is 0. The van der Waals surface area contributed by atoms with E-state index in [1.807, 2.05) is 0 Å². The number of rotatable bonds is 4. The van der Waals surface area contributed by atoms with Gasteiger partial charge in [0.15, 0.2) is 5.69 Å². The van der Waals surface area contributed by atoms with Crippen molar-refractivity contribution < 1.29 is 67.5 Å². The van der Waals surface area contributed by atoms with Crippen LogP contribution in [0.25, 0.3) is 0 Å². The Bertz CT molecular complexity index is 414. The largest absolute Gasteiger partial charge is 1.00 e. The van der Waals surface area contributed by atoms with E-state index in [0.29, 0.717) is 12.5 Å². The fraction of sp³-hybridized carbons (Fsp3) is 0.500. The van der Waals surface area contributed by atoms with E-state index in [-0.39, 0.29) is 64.1 Å². The van der Waals surface area contributed by atoms with Crippen LogP contribution in [0.15, 0.2) is 6.20 Å². The average molecular weight is 263 g/mol. The Morgan fingerprint density at radius 2 is 2.24 bits per heavy atom. The van der Waals surface area contributed by atoms with Gasteiger partial charge in [-0.2, -0.15) is 5.10 Å². The zero-order valence-electron chi connectivity index (χ0n) is 10.7. The average Bonchev–Trinajstić information content (AvgIpc) is 2.55. The van der Waals surface area contributed by atoms with Gasteiger partial charge in [-0.25, -0.2) is 4.79 Å². The maximum atomic E-state index is 11.0. The maximum absolute atomic E-state index is 11.0. The number of amides is 1. The van der Waals surface area contributed by atoms with E-state index in [1.54, 1.807) is 0 Å². The Morgan fingerprint density at radius 1 is 1.59 bits per heavy atom. The molecule has 1 saturated carbocycles. The molecule has 0 atom stereocenters. The number of carbonyl (C=O) groups excluding carboxylic acids is 1. The molecule has 17 heavy (non-hydrogen) atoms. The van der Waals surface area contributed by atoms with Gasteiger partial charge < -0.3 is 12.3 Å². The van der Waals surface area contributed by atoms with Crippen LogP contribution in [0.4, 0.5) is 0 Å². The molecule has 1 aliphatic carbocycles. The van der Waals surface area contributed by atoms with E-state index in [9.17, 15) is 9.59 Å². The van der Waals surface area contributed by atoms with Crippen molar-refractivity contribution in [1.82, 2.24) is 9.78 Å². The second kappa shape index (κ2) is 6.10. The topological polar surface area (TPSA) is 98.2 Å². The van der Waals surface area contributed by atoms with Gasteiger partial charge in [-0.15, -0.1) is 0 Å². The molecular formula is C10H14KN3O3. The van der Waals surface area contributed by atoms with Crippen molar-refractivity contribution in [3.05, 3.63) is 17.5 Å². The molecule has 7 heteroatoms. The van der Waals surface area contributed by atoms with E-state index in [1.165, 1.54) is 17.3 Å². The van der Waals surface area contributed by atoms with Gasteiger partial charge in [0.25, 0.3) is 5.91 Å². The molecule has 0 radical (unpaired) electrons. The van der Waals surface area contributed by atoms with Crippen molar-refractivity contribution in [2.75, 3.05) is 0 Å². The van der Waals surface area contributed by atoms with E-state index in [0.717, 1.165) is 12.8 Å². The summed E-state index contributed by atoms with van der Waals surface area (Å²) >= 11 is 0. The Labute approximate surface area is 142 Å². The number of aromatic nitrogens is 2. The summed E-state index contributed by atoms with van der Waals surface area (Å²) in [5.41, 5.74) is 4.79. The molecule has 6 nitrogen and oxygen atoms in total. The summed E-state index contributed by atoms with van der Waals surface area (Å²) in [7, 11) is 0. The Hall–Kier alpha value is -0.214. The summed E-state index contributed by atoms with van der Waals surface area (Å²) in [6, 6.07) is 0. The van der Waals surface area contributed by atoms with Gasteiger partial charge in [-0.05, 0) is 18.8 Å². The third-order valence-electron chi connectivity index (χ3n) is 2.90. The quantitative estimate of drug-likeness (QED) is 0.591. The van der Waals surface area contributed by atoms with Gasteiger partial charge in [-0.1, -0.05) is 6.42 Å². The van der Waals surface area contributed by atoms with Crippen LogP contribution < -0.4 is 57.1 Å². The second-order valence-corrected chi connectivity index (χ2v) is 4.08. The monoisotopic (exact) mass is 263 g/mol. The molecule has 0 unspecified atom stereocenters. The van der Waals surface area contributed by atoms with Crippen LogP contribution in [0, 0.1) is 5.92 Å². The number of hydrogen-bond donors (Lipinski definition) is 2. The molecule has 0 saturated heterocycles. The number of primary amides is 1. The van der Waals surface area contributed by atoms with Gasteiger partial charge in [0, 0.05) is 12.7 Å². The predicted molar refractivity (Wildman–Crippen MR) is 56.2 cm³/mol. The van der Waals surface area contributed by atoms with Crippen LogP contribution in [0.2, 0.25) is 0 Å². The molecule has 1 heterocycles. The van der Waals surface area contributed by atoms with Crippen LogP contribution in [-0.2, 0) is 6.54 Å². The van der Waals surface area contributed by atoms with Gasteiger partial charge >= 0.3 is 57.4 Å². The first-order chi connectivity index (χ1) is 7.58. The minimum Gasteiger partial charge on any atom is -1.00 e. The normalized spacial score (nSPS) is 14.8. The van der Waals surface area contributed by atoms with Crippen molar-refractivity contribution in [3.8, 4) is 0 Å². The number of nitrogens with two attached hydrogens (primary N) is 1. The van der Waals surface area contributed by atoms with Crippen LogP contribution in [-0.4, -0.2) is 26.8 Å². The van der Waals surface area contributed by atoms with Crippen LogP contribution in [0.5, 0.6) is 0 Å². The van der Waals surface area contributed by atoms with Gasteiger partial charge in [0.05, 0.1) is 0 Å². The zero-order chi connectivity index (χ0) is 11.7. The number of hydrogen-bond acceptors (Lipinski definition) is 3.